The SMILES string of the molecule is Cc1occc1C(=O)N/N=C\c1c(-c2ccccc2)n(-c2ccccc2)c2ccccc12. The Labute approximate surface area is 185 Å². The number of carbonyl (C=O) groups is 1. The molecule has 2 aromatic heterocycles. The van der Waals surface area contributed by atoms with E-state index < -0.39 is 0 Å². The Kier molecular flexibility index (Phi) is 5.14. The molecule has 0 atom stereocenters. The molecule has 0 bridgehead atoms. The van der Waals surface area contributed by atoms with E-state index in [0.717, 1.165) is 33.4 Å². The van der Waals surface area contributed by atoms with Gasteiger partial charge in [0.05, 0.1) is 29.3 Å². The van der Waals surface area contributed by atoms with Gasteiger partial charge in [-0.3, -0.25) is 4.79 Å². The van der Waals surface area contributed by atoms with Gasteiger partial charge in [-0.2, -0.15) is 5.10 Å². The number of rotatable bonds is 5. The second-order valence-corrected chi connectivity index (χ2v) is 7.41. The third-order valence-corrected chi connectivity index (χ3v) is 5.44. The van der Waals surface area contributed by atoms with E-state index in [2.05, 4.69) is 51.5 Å². The third kappa shape index (κ3) is 3.50. The quantitative estimate of drug-likeness (QED) is 0.282. The van der Waals surface area contributed by atoms with Crippen LogP contribution in [0.5, 0.6) is 0 Å². The number of hydrogen-bond donors (Lipinski definition) is 1. The van der Waals surface area contributed by atoms with E-state index in [0.29, 0.717) is 11.3 Å². The normalized spacial score (nSPS) is 11.3. The summed E-state index contributed by atoms with van der Waals surface area (Å²) in [4.78, 5) is 12.5. The van der Waals surface area contributed by atoms with E-state index in [1.807, 2.05) is 48.5 Å². The number of nitrogens with zero attached hydrogens (tertiary/aromatic N) is 2. The van der Waals surface area contributed by atoms with Crippen LogP contribution in [-0.4, -0.2) is 16.7 Å². The molecule has 32 heavy (non-hydrogen) atoms. The first-order valence-electron chi connectivity index (χ1n) is 10.4. The van der Waals surface area contributed by atoms with E-state index in [4.69, 9.17) is 4.42 Å². The van der Waals surface area contributed by atoms with Gasteiger partial charge in [-0.25, -0.2) is 5.43 Å². The van der Waals surface area contributed by atoms with Crippen LogP contribution < -0.4 is 5.43 Å². The van der Waals surface area contributed by atoms with Crippen molar-refractivity contribution >= 4 is 23.0 Å². The summed E-state index contributed by atoms with van der Waals surface area (Å²) in [5, 5.41) is 5.35. The van der Waals surface area contributed by atoms with Gasteiger partial charge >= 0.3 is 0 Å². The van der Waals surface area contributed by atoms with Gasteiger partial charge in [0, 0.05) is 16.6 Å². The number of para-hydroxylation sites is 2. The number of furan rings is 1. The average molecular weight is 419 g/mol. The van der Waals surface area contributed by atoms with Crippen molar-refractivity contribution in [2.24, 2.45) is 5.10 Å². The van der Waals surface area contributed by atoms with Crippen molar-refractivity contribution < 1.29 is 9.21 Å². The van der Waals surface area contributed by atoms with E-state index >= 15 is 0 Å². The third-order valence-electron chi connectivity index (χ3n) is 5.44. The molecule has 1 N–H and O–H groups in total. The number of hydrogen-bond acceptors (Lipinski definition) is 3. The first-order valence-corrected chi connectivity index (χ1v) is 10.4. The molecule has 2 heterocycles. The van der Waals surface area contributed by atoms with E-state index in [1.54, 1.807) is 19.2 Å². The summed E-state index contributed by atoms with van der Waals surface area (Å²) in [5.74, 6) is 0.254. The maximum absolute atomic E-state index is 12.5. The standard InChI is InChI=1S/C27H21N3O2/c1-19-22(16-17-32-19)27(31)29-28-18-24-23-14-8-9-15-25(23)30(21-12-6-3-7-13-21)26(24)20-10-4-2-5-11-20/h2-18H,1H3,(H,29,31)/b28-18-. The molecule has 0 spiro atoms. The van der Waals surface area contributed by atoms with Crippen LogP contribution in [0.3, 0.4) is 0 Å². The summed E-state index contributed by atoms with van der Waals surface area (Å²) < 4.78 is 7.45. The molecule has 5 nitrogen and oxygen atoms in total. The predicted molar refractivity (Wildman–Crippen MR) is 127 cm³/mol. The fourth-order valence-corrected chi connectivity index (χ4v) is 3.96. The summed E-state index contributed by atoms with van der Waals surface area (Å²) in [6.07, 6.45) is 3.21. The fraction of sp³-hybridized carbons (Fsp3) is 0.0370. The van der Waals surface area contributed by atoms with Gasteiger partial charge in [-0.15, -0.1) is 0 Å². The van der Waals surface area contributed by atoms with Crippen LogP contribution in [0.4, 0.5) is 0 Å². The van der Waals surface area contributed by atoms with Crippen molar-refractivity contribution in [1.82, 2.24) is 9.99 Å². The lowest BCUT2D eigenvalue weighted by Gasteiger charge is -2.12. The fourth-order valence-electron chi connectivity index (χ4n) is 3.96. The summed E-state index contributed by atoms with van der Waals surface area (Å²) in [5.41, 5.74) is 8.22. The zero-order valence-electron chi connectivity index (χ0n) is 17.5. The molecule has 1 amide bonds. The molecule has 0 radical (unpaired) electrons. The minimum absolute atomic E-state index is 0.305. The van der Waals surface area contributed by atoms with Gasteiger partial charge in [0.15, 0.2) is 0 Å². The molecule has 0 aliphatic carbocycles. The molecule has 0 saturated heterocycles. The molecule has 3 aromatic carbocycles. The second kappa shape index (κ2) is 8.40. The van der Waals surface area contributed by atoms with E-state index in [1.165, 1.54) is 6.26 Å². The number of aryl methyl sites for hydroxylation is 1. The first kappa shape index (κ1) is 19.6. The van der Waals surface area contributed by atoms with Crippen LogP contribution in [0.2, 0.25) is 0 Å². The summed E-state index contributed by atoms with van der Waals surface area (Å²) in [7, 11) is 0. The number of carbonyl (C=O) groups excluding carboxylic acids is 1. The van der Waals surface area contributed by atoms with E-state index in [9.17, 15) is 4.79 Å². The maximum Gasteiger partial charge on any atom is 0.274 e. The number of nitrogens with one attached hydrogen (secondary N) is 1. The van der Waals surface area contributed by atoms with Crippen LogP contribution >= 0.6 is 0 Å². The van der Waals surface area contributed by atoms with Gasteiger partial charge < -0.3 is 8.98 Å². The molecule has 156 valence electrons. The topological polar surface area (TPSA) is 59.5 Å². The Balaban J connectivity index is 1.67. The molecule has 0 aliphatic rings. The van der Waals surface area contributed by atoms with Crippen LogP contribution in [0.15, 0.2) is 107 Å². The minimum atomic E-state index is -0.305. The summed E-state index contributed by atoms with van der Waals surface area (Å²) >= 11 is 0. The largest absolute Gasteiger partial charge is 0.469 e. The lowest BCUT2D eigenvalue weighted by atomic mass is 10.1. The van der Waals surface area contributed by atoms with Crippen LogP contribution in [0.1, 0.15) is 21.7 Å². The molecule has 0 aliphatic heterocycles. The Morgan fingerprint density at radius 1 is 0.906 bits per heavy atom. The van der Waals surface area contributed by atoms with Gasteiger partial charge in [-0.05, 0) is 36.8 Å². The van der Waals surface area contributed by atoms with Gasteiger partial charge in [0.1, 0.15) is 5.76 Å². The van der Waals surface area contributed by atoms with Crippen LogP contribution in [-0.2, 0) is 0 Å². The monoisotopic (exact) mass is 419 g/mol. The summed E-state index contributed by atoms with van der Waals surface area (Å²) in [6, 6.07) is 30.3. The Bertz CT molecular complexity index is 1410. The number of aromatic nitrogens is 1. The minimum Gasteiger partial charge on any atom is -0.469 e. The van der Waals surface area contributed by atoms with E-state index in [-0.39, 0.29) is 5.91 Å². The van der Waals surface area contributed by atoms with Crippen molar-refractivity contribution in [3.05, 3.63) is 114 Å². The molecule has 5 aromatic rings. The molecular formula is C27H21N3O2. The Morgan fingerprint density at radius 2 is 1.59 bits per heavy atom. The van der Waals surface area contributed by atoms with Crippen molar-refractivity contribution in [2.75, 3.05) is 0 Å². The molecule has 5 rings (SSSR count). The first-order chi connectivity index (χ1) is 15.7. The highest BCUT2D eigenvalue weighted by molar-refractivity contribution is 6.08. The molecular weight excluding hydrogens is 398 g/mol. The second-order valence-electron chi connectivity index (χ2n) is 7.41. The van der Waals surface area contributed by atoms with Crippen molar-refractivity contribution in [3.8, 4) is 16.9 Å². The number of benzene rings is 3. The van der Waals surface area contributed by atoms with Crippen LogP contribution in [0.25, 0.3) is 27.8 Å². The number of hydrazone groups is 1. The zero-order chi connectivity index (χ0) is 21.9. The number of amides is 1. The molecule has 0 fully saturated rings. The number of fused-ring (bicyclic) bond motifs is 1. The highest BCUT2D eigenvalue weighted by Gasteiger charge is 2.18. The predicted octanol–water partition coefficient (Wildman–Crippen LogP) is 5.96. The zero-order valence-corrected chi connectivity index (χ0v) is 17.5. The maximum atomic E-state index is 12.5. The average Bonchev–Trinajstić information content (AvgIpc) is 3.41. The van der Waals surface area contributed by atoms with Crippen LogP contribution in [0, 0.1) is 6.92 Å². The van der Waals surface area contributed by atoms with Crippen molar-refractivity contribution in [3.63, 3.8) is 0 Å². The molecule has 0 saturated carbocycles. The lowest BCUT2D eigenvalue weighted by molar-refractivity contribution is 0.0953. The van der Waals surface area contributed by atoms with Crippen molar-refractivity contribution in [1.29, 1.82) is 0 Å². The Morgan fingerprint density at radius 3 is 2.31 bits per heavy atom. The highest BCUT2D eigenvalue weighted by atomic mass is 16.3. The summed E-state index contributed by atoms with van der Waals surface area (Å²) in [6.45, 7) is 1.75. The Hall–Kier alpha value is -4.38. The van der Waals surface area contributed by atoms with Gasteiger partial charge in [0.2, 0.25) is 0 Å². The van der Waals surface area contributed by atoms with Crippen molar-refractivity contribution in [2.45, 2.75) is 6.92 Å². The molecule has 5 heteroatoms. The van der Waals surface area contributed by atoms with Gasteiger partial charge in [-0.1, -0.05) is 66.7 Å². The smallest absolute Gasteiger partial charge is 0.274 e. The lowest BCUT2D eigenvalue weighted by Crippen LogP contribution is -2.17. The highest BCUT2D eigenvalue weighted by Crippen LogP contribution is 2.35. The molecule has 0 unspecified atom stereocenters. The van der Waals surface area contributed by atoms with Gasteiger partial charge in [0.25, 0.3) is 5.91 Å².